The summed E-state index contributed by atoms with van der Waals surface area (Å²) < 4.78 is 24.9. The molecule has 1 unspecified atom stereocenters. The van der Waals surface area contributed by atoms with Gasteiger partial charge >= 0.3 is 0 Å². The van der Waals surface area contributed by atoms with E-state index >= 15 is 0 Å². The molecule has 196 valence electrons. The Bertz CT molecular complexity index is 1310. The first kappa shape index (κ1) is 26.1. The highest BCUT2D eigenvalue weighted by Gasteiger charge is 2.43. The molecular weight excluding hydrogens is 481 g/mol. The summed E-state index contributed by atoms with van der Waals surface area (Å²) >= 11 is 0. The van der Waals surface area contributed by atoms with Crippen LogP contribution < -0.4 is 10.1 Å². The van der Waals surface area contributed by atoms with Crippen LogP contribution >= 0.6 is 0 Å². The van der Waals surface area contributed by atoms with Gasteiger partial charge in [0.1, 0.15) is 23.6 Å². The van der Waals surface area contributed by atoms with E-state index in [-0.39, 0.29) is 17.9 Å². The van der Waals surface area contributed by atoms with Crippen LogP contribution in [0, 0.1) is 19.7 Å². The second-order valence-electron chi connectivity index (χ2n) is 9.37. The highest BCUT2D eigenvalue weighted by Crippen LogP contribution is 2.39. The van der Waals surface area contributed by atoms with Crippen LogP contribution in [0.2, 0.25) is 0 Å². The van der Waals surface area contributed by atoms with Crippen molar-refractivity contribution in [1.29, 1.82) is 0 Å². The normalized spacial score (nSPS) is 18.9. The summed E-state index contributed by atoms with van der Waals surface area (Å²) in [5.41, 5.74) is 3.83. The number of halogens is 1. The predicted octanol–water partition coefficient (Wildman–Crippen LogP) is 3.73. The van der Waals surface area contributed by atoms with Crippen LogP contribution in [-0.4, -0.2) is 63.1 Å². The summed E-state index contributed by atoms with van der Waals surface area (Å²) in [7, 11) is 1.47. The van der Waals surface area contributed by atoms with Gasteiger partial charge in [0, 0.05) is 42.9 Å². The second-order valence-corrected chi connectivity index (χ2v) is 9.37. The fourth-order valence-electron chi connectivity index (χ4n) is 5.03. The van der Waals surface area contributed by atoms with Crippen LogP contribution in [0.4, 0.5) is 10.2 Å². The number of ether oxygens (including phenoxy) is 1. The molecular formula is C26H30FN5O5. The number of oxazole rings is 1. The number of hydrogen-bond donors (Lipinski definition) is 2. The average molecular weight is 512 g/mol. The Morgan fingerprint density at radius 1 is 1.32 bits per heavy atom. The number of fused-ring (bicyclic) bond motifs is 1. The van der Waals surface area contributed by atoms with E-state index in [2.05, 4.69) is 21.4 Å². The molecule has 1 fully saturated rings. The highest BCUT2D eigenvalue weighted by molar-refractivity contribution is 5.84. The van der Waals surface area contributed by atoms with Crippen LogP contribution in [0.3, 0.4) is 0 Å². The molecule has 11 heteroatoms. The summed E-state index contributed by atoms with van der Waals surface area (Å²) in [5.74, 6) is 0.549. The minimum absolute atomic E-state index is 0.0995. The molecule has 2 N–H and O–H groups in total. The van der Waals surface area contributed by atoms with Crippen molar-refractivity contribution in [2.24, 2.45) is 0 Å². The van der Waals surface area contributed by atoms with Crippen LogP contribution in [0.5, 0.6) is 5.88 Å². The Morgan fingerprint density at radius 3 is 2.76 bits per heavy atom. The third kappa shape index (κ3) is 5.25. The minimum Gasteiger partial charge on any atom is -0.483 e. The fraction of sp³-hybridized carbons (Fsp3) is 0.423. The number of carbonyl (C=O) groups excluding carboxylic acids is 1. The van der Waals surface area contributed by atoms with E-state index in [0.29, 0.717) is 30.4 Å². The SMILES string of the molecule is COc1cc([C@@H](C)C(=O)N2CCC3(CCc4cc(-c5coc(C)n5)c(C)nc4N3)C2)c(F)cn1.O=CO. The van der Waals surface area contributed by atoms with Crippen LogP contribution in [0.15, 0.2) is 29.0 Å². The van der Waals surface area contributed by atoms with Crippen molar-refractivity contribution >= 4 is 18.2 Å². The summed E-state index contributed by atoms with van der Waals surface area (Å²) in [4.78, 5) is 36.6. The number of anilines is 1. The first-order valence-corrected chi connectivity index (χ1v) is 12.0. The van der Waals surface area contributed by atoms with E-state index in [9.17, 15) is 9.18 Å². The van der Waals surface area contributed by atoms with Crippen molar-refractivity contribution in [3.05, 3.63) is 53.1 Å². The predicted molar refractivity (Wildman–Crippen MR) is 133 cm³/mol. The smallest absolute Gasteiger partial charge is 0.290 e. The van der Waals surface area contributed by atoms with E-state index in [1.807, 2.05) is 18.7 Å². The number of likely N-dealkylation sites (tertiary alicyclic amines) is 1. The molecule has 37 heavy (non-hydrogen) atoms. The molecule has 0 bridgehead atoms. The Kier molecular flexibility index (Phi) is 7.42. The molecule has 0 aliphatic carbocycles. The van der Waals surface area contributed by atoms with Crippen molar-refractivity contribution in [3.63, 3.8) is 0 Å². The molecule has 3 aromatic rings. The Morgan fingerprint density at radius 2 is 2.08 bits per heavy atom. The molecule has 10 nitrogen and oxygen atoms in total. The van der Waals surface area contributed by atoms with Crippen molar-refractivity contribution in [3.8, 4) is 17.1 Å². The lowest BCUT2D eigenvalue weighted by atomic mass is 9.86. The maximum atomic E-state index is 14.4. The quantitative estimate of drug-likeness (QED) is 0.503. The van der Waals surface area contributed by atoms with Gasteiger partial charge in [-0.3, -0.25) is 9.59 Å². The molecule has 5 heterocycles. The second kappa shape index (κ2) is 10.5. The lowest BCUT2D eigenvalue weighted by Gasteiger charge is -2.36. The van der Waals surface area contributed by atoms with Gasteiger partial charge in [-0.15, -0.1) is 0 Å². The molecule has 0 aromatic carbocycles. The summed E-state index contributed by atoms with van der Waals surface area (Å²) in [6, 6.07) is 3.63. The fourth-order valence-corrected chi connectivity index (χ4v) is 5.03. The lowest BCUT2D eigenvalue weighted by Crippen LogP contribution is -2.46. The maximum Gasteiger partial charge on any atom is 0.290 e. The zero-order valence-electron chi connectivity index (χ0n) is 21.2. The summed E-state index contributed by atoms with van der Waals surface area (Å²) in [6.07, 6.45) is 5.32. The molecule has 2 aliphatic rings. The van der Waals surface area contributed by atoms with E-state index in [4.69, 9.17) is 24.0 Å². The zero-order valence-corrected chi connectivity index (χ0v) is 21.2. The number of aryl methyl sites for hydroxylation is 3. The molecule has 5 rings (SSSR count). The zero-order chi connectivity index (χ0) is 26.7. The van der Waals surface area contributed by atoms with Gasteiger partial charge in [0.05, 0.1) is 24.8 Å². The number of hydrogen-bond acceptors (Lipinski definition) is 8. The summed E-state index contributed by atoms with van der Waals surface area (Å²) in [6.45, 7) is 6.44. The van der Waals surface area contributed by atoms with E-state index in [0.717, 1.165) is 53.8 Å². The van der Waals surface area contributed by atoms with Crippen molar-refractivity contribution in [2.75, 3.05) is 25.5 Å². The molecule has 0 radical (unpaired) electrons. The van der Waals surface area contributed by atoms with Gasteiger partial charge in [-0.05, 0) is 44.7 Å². The molecule has 1 spiro atoms. The van der Waals surface area contributed by atoms with Gasteiger partial charge < -0.3 is 24.5 Å². The highest BCUT2D eigenvalue weighted by atomic mass is 19.1. The van der Waals surface area contributed by atoms with Crippen molar-refractivity contribution in [1.82, 2.24) is 19.9 Å². The van der Waals surface area contributed by atoms with Gasteiger partial charge in [0.2, 0.25) is 11.8 Å². The van der Waals surface area contributed by atoms with Crippen molar-refractivity contribution < 1.29 is 28.2 Å². The molecule has 1 amide bonds. The third-order valence-corrected chi connectivity index (χ3v) is 7.01. The van der Waals surface area contributed by atoms with E-state index < -0.39 is 11.7 Å². The van der Waals surface area contributed by atoms with Gasteiger partial charge in [-0.2, -0.15) is 0 Å². The third-order valence-electron chi connectivity index (χ3n) is 7.01. The Hall–Kier alpha value is -4.02. The number of pyridine rings is 2. The molecule has 0 saturated carbocycles. The number of carbonyl (C=O) groups is 2. The number of rotatable bonds is 4. The largest absolute Gasteiger partial charge is 0.483 e. The Labute approximate surface area is 213 Å². The van der Waals surface area contributed by atoms with Gasteiger partial charge in [-0.25, -0.2) is 19.3 Å². The monoisotopic (exact) mass is 511 g/mol. The average Bonchev–Trinajstić information content (AvgIpc) is 3.50. The molecule has 1 saturated heterocycles. The van der Waals surface area contributed by atoms with Crippen LogP contribution in [-0.2, 0) is 16.0 Å². The van der Waals surface area contributed by atoms with E-state index in [1.165, 1.54) is 13.2 Å². The van der Waals surface area contributed by atoms with Gasteiger partial charge in [0.15, 0.2) is 5.89 Å². The van der Waals surface area contributed by atoms with Gasteiger partial charge in [0.25, 0.3) is 6.47 Å². The number of nitrogens with zero attached hydrogens (tertiary/aromatic N) is 4. The lowest BCUT2D eigenvalue weighted by molar-refractivity contribution is -0.131. The van der Waals surface area contributed by atoms with Crippen LogP contribution in [0.1, 0.15) is 48.4 Å². The number of nitrogens with one attached hydrogen (secondary N) is 1. The number of carboxylic acid groups (broad SMARTS) is 1. The standard InChI is InChI=1S/C25H28FN5O3.CH2O2/c1-14(18-10-22(33-4)27-11-20(18)26)24(32)31-8-7-25(13-31)6-5-17-9-19(15(2)28-23(17)30-25)21-12-34-16(3)29-21;2-1-3/h9-12,14H,5-8,13H2,1-4H3,(H,28,30);1H,(H,2,3)/t14-,25?;/m1./s1. The molecule has 2 atom stereocenters. The van der Waals surface area contributed by atoms with Crippen LogP contribution in [0.25, 0.3) is 11.3 Å². The number of aromatic nitrogens is 3. The molecule has 2 aliphatic heterocycles. The number of amides is 1. The first-order valence-electron chi connectivity index (χ1n) is 12.0. The Balaban J connectivity index is 0.00000102. The first-order chi connectivity index (χ1) is 17.7. The minimum atomic E-state index is -0.628. The maximum absolute atomic E-state index is 14.4. The summed E-state index contributed by atoms with van der Waals surface area (Å²) in [5, 5.41) is 10.5. The number of methoxy groups -OCH3 is 1. The van der Waals surface area contributed by atoms with Crippen molar-refractivity contribution in [2.45, 2.75) is 51.5 Å². The van der Waals surface area contributed by atoms with E-state index in [1.54, 1.807) is 13.2 Å². The topological polar surface area (TPSA) is 131 Å². The van der Waals surface area contributed by atoms with Gasteiger partial charge in [-0.1, -0.05) is 0 Å². The molecule has 3 aromatic heterocycles.